The summed E-state index contributed by atoms with van der Waals surface area (Å²) in [5.74, 6) is -0.421. The van der Waals surface area contributed by atoms with Crippen LogP contribution in [-0.4, -0.2) is 67.0 Å². The maximum absolute atomic E-state index is 12.2. The zero-order valence-electron chi connectivity index (χ0n) is 14.6. The maximum atomic E-state index is 12.2. The van der Waals surface area contributed by atoms with Gasteiger partial charge in [0.25, 0.3) is 5.91 Å². The minimum Gasteiger partial charge on any atom is -0.449 e. The molecular weight excluding hydrogens is 322 g/mol. The van der Waals surface area contributed by atoms with Gasteiger partial charge in [0, 0.05) is 31.7 Å². The smallest absolute Gasteiger partial charge is 0.409 e. The molecule has 1 aromatic rings. The SMILES string of the molecule is CCCCOC(=O)N1CCN(C(=O)CNC(=O)c2ccccc2)CC1. The van der Waals surface area contributed by atoms with Gasteiger partial charge in [0.1, 0.15) is 0 Å². The molecule has 0 bridgehead atoms. The second kappa shape index (κ2) is 9.66. The lowest BCUT2D eigenvalue weighted by Crippen LogP contribution is -2.52. The Morgan fingerprint density at radius 3 is 2.32 bits per heavy atom. The number of ether oxygens (including phenoxy) is 1. The number of unbranched alkanes of at least 4 members (excludes halogenated alkanes) is 1. The van der Waals surface area contributed by atoms with Crippen LogP contribution in [0.25, 0.3) is 0 Å². The van der Waals surface area contributed by atoms with Crippen molar-refractivity contribution in [3.63, 3.8) is 0 Å². The van der Waals surface area contributed by atoms with Crippen molar-refractivity contribution in [3.05, 3.63) is 35.9 Å². The summed E-state index contributed by atoms with van der Waals surface area (Å²) in [6.45, 7) is 4.21. The van der Waals surface area contributed by atoms with Gasteiger partial charge >= 0.3 is 6.09 Å². The van der Waals surface area contributed by atoms with Gasteiger partial charge in [-0.1, -0.05) is 31.5 Å². The summed E-state index contributed by atoms with van der Waals surface area (Å²) in [7, 11) is 0. The Balaban J connectivity index is 1.70. The van der Waals surface area contributed by atoms with Crippen LogP contribution >= 0.6 is 0 Å². The molecule has 25 heavy (non-hydrogen) atoms. The Morgan fingerprint density at radius 1 is 1.04 bits per heavy atom. The van der Waals surface area contributed by atoms with Crippen molar-refractivity contribution < 1.29 is 19.1 Å². The van der Waals surface area contributed by atoms with Crippen LogP contribution in [0.5, 0.6) is 0 Å². The largest absolute Gasteiger partial charge is 0.449 e. The minimum absolute atomic E-state index is 0.0470. The van der Waals surface area contributed by atoms with Crippen LogP contribution in [0.4, 0.5) is 4.79 Å². The molecule has 7 heteroatoms. The van der Waals surface area contributed by atoms with E-state index in [-0.39, 0.29) is 24.5 Å². The molecule has 136 valence electrons. The van der Waals surface area contributed by atoms with Crippen LogP contribution in [0, 0.1) is 0 Å². The molecule has 0 unspecified atom stereocenters. The molecule has 1 aliphatic rings. The molecule has 1 fully saturated rings. The van der Waals surface area contributed by atoms with Crippen molar-refractivity contribution in [2.45, 2.75) is 19.8 Å². The third kappa shape index (κ3) is 5.77. The fraction of sp³-hybridized carbons (Fsp3) is 0.500. The van der Waals surface area contributed by atoms with Crippen molar-refractivity contribution >= 4 is 17.9 Å². The van der Waals surface area contributed by atoms with E-state index in [1.54, 1.807) is 34.1 Å². The van der Waals surface area contributed by atoms with E-state index in [0.29, 0.717) is 38.3 Å². The van der Waals surface area contributed by atoms with Gasteiger partial charge in [0.15, 0.2) is 0 Å². The summed E-state index contributed by atoms with van der Waals surface area (Å²) in [6.07, 6.45) is 1.51. The van der Waals surface area contributed by atoms with E-state index in [1.807, 2.05) is 13.0 Å². The van der Waals surface area contributed by atoms with Gasteiger partial charge in [0.05, 0.1) is 13.2 Å². The third-order valence-corrected chi connectivity index (χ3v) is 4.05. The molecular formula is C18H25N3O4. The van der Waals surface area contributed by atoms with E-state index in [2.05, 4.69) is 5.32 Å². The number of rotatable bonds is 6. The molecule has 1 saturated heterocycles. The zero-order valence-corrected chi connectivity index (χ0v) is 14.6. The summed E-state index contributed by atoms with van der Waals surface area (Å²) >= 11 is 0. The van der Waals surface area contributed by atoms with E-state index in [4.69, 9.17) is 4.74 Å². The van der Waals surface area contributed by atoms with E-state index in [9.17, 15) is 14.4 Å². The second-order valence-corrected chi connectivity index (χ2v) is 5.88. The first kappa shape index (κ1) is 18.8. The lowest BCUT2D eigenvalue weighted by atomic mass is 10.2. The van der Waals surface area contributed by atoms with Crippen LogP contribution in [0.1, 0.15) is 30.1 Å². The van der Waals surface area contributed by atoms with Gasteiger partial charge in [-0.2, -0.15) is 0 Å². The van der Waals surface area contributed by atoms with E-state index in [0.717, 1.165) is 12.8 Å². The predicted molar refractivity (Wildman–Crippen MR) is 93.2 cm³/mol. The Bertz CT molecular complexity index is 583. The summed E-state index contributed by atoms with van der Waals surface area (Å²) < 4.78 is 5.17. The Labute approximate surface area is 147 Å². The normalized spacial score (nSPS) is 14.1. The van der Waals surface area contributed by atoms with Gasteiger partial charge in [-0.25, -0.2) is 4.79 Å². The number of benzene rings is 1. The molecule has 1 aliphatic heterocycles. The molecule has 2 rings (SSSR count). The van der Waals surface area contributed by atoms with Crippen molar-refractivity contribution in [3.8, 4) is 0 Å². The van der Waals surface area contributed by atoms with Gasteiger partial charge in [-0.3, -0.25) is 9.59 Å². The number of nitrogens with one attached hydrogen (secondary N) is 1. The van der Waals surface area contributed by atoms with E-state index in [1.165, 1.54) is 0 Å². The van der Waals surface area contributed by atoms with Crippen LogP contribution in [0.2, 0.25) is 0 Å². The highest BCUT2D eigenvalue weighted by Crippen LogP contribution is 2.05. The molecule has 1 aromatic carbocycles. The highest BCUT2D eigenvalue weighted by Gasteiger charge is 2.25. The molecule has 7 nitrogen and oxygen atoms in total. The van der Waals surface area contributed by atoms with Crippen molar-refractivity contribution in [1.82, 2.24) is 15.1 Å². The van der Waals surface area contributed by atoms with Crippen LogP contribution in [0.15, 0.2) is 30.3 Å². The Morgan fingerprint density at radius 2 is 1.68 bits per heavy atom. The number of amides is 3. The van der Waals surface area contributed by atoms with Crippen LogP contribution in [-0.2, 0) is 9.53 Å². The van der Waals surface area contributed by atoms with Crippen LogP contribution < -0.4 is 5.32 Å². The zero-order chi connectivity index (χ0) is 18.1. The molecule has 0 saturated carbocycles. The molecule has 1 N–H and O–H groups in total. The number of hydrogen-bond donors (Lipinski definition) is 1. The summed E-state index contributed by atoms with van der Waals surface area (Å²) in [5, 5.41) is 2.63. The average Bonchev–Trinajstić information content (AvgIpc) is 2.66. The first-order valence-corrected chi connectivity index (χ1v) is 8.64. The average molecular weight is 347 g/mol. The molecule has 1 heterocycles. The number of carbonyl (C=O) groups excluding carboxylic acids is 3. The fourth-order valence-electron chi connectivity index (χ4n) is 2.49. The standard InChI is InChI=1S/C18H25N3O4/c1-2-3-13-25-18(24)21-11-9-20(10-12-21)16(22)14-19-17(23)15-7-5-4-6-8-15/h4-8H,2-3,9-14H2,1H3,(H,19,23). The Hall–Kier alpha value is -2.57. The molecule has 0 aliphatic carbocycles. The topological polar surface area (TPSA) is 79.0 Å². The highest BCUT2D eigenvalue weighted by atomic mass is 16.6. The number of nitrogens with zero attached hydrogens (tertiary/aromatic N) is 2. The van der Waals surface area contributed by atoms with Gasteiger partial charge in [0.2, 0.25) is 5.91 Å². The highest BCUT2D eigenvalue weighted by molar-refractivity contribution is 5.96. The molecule has 0 atom stereocenters. The van der Waals surface area contributed by atoms with Gasteiger partial charge in [-0.15, -0.1) is 0 Å². The maximum Gasteiger partial charge on any atom is 0.409 e. The van der Waals surface area contributed by atoms with Gasteiger partial charge in [-0.05, 0) is 18.6 Å². The summed E-state index contributed by atoms with van der Waals surface area (Å²) in [6, 6.07) is 8.77. The summed E-state index contributed by atoms with van der Waals surface area (Å²) in [5.41, 5.74) is 0.523. The lowest BCUT2D eigenvalue weighted by molar-refractivity contribution is -0.131. The van der Waals surface area contributed by atoms with Crippen LogP contribution in [0.3, 0.4) is 0 Å². The number of carbonyl (C=O) groups is 3. The van der Waals surface area contributed by atoms with Crippen molar-refractivity contribution in [1.29, 1.82) is 0 Å². The predicted octanol–water partition coefficient (Wildman–Crippen LogP) is 1.50. The molecule has 3 amide bonds. The molecule has 0 radical (unpaired) electrons. The number of hydrogen-bond acceptors (Lipinski definition) is 4. The third-order valence-electron chi connectivity index (χ3n) is 4.05. The minimum atomic E-state index is -0.321. The fourth-order valence-corrected chi connectivity index (χ4v) is 2.49. The van der Waals surface area contributed by atoms with E-state index < -0.39 is 0 Å². The summed E-state index contributed by atoms with van der Waals surface area (Å²) in [4.78, 5) is 39.3. The Kier molecular flexibility index (Phi) is 7.25. The monoisotopic (exact) mass is 347 g/mol. The van der Waals surface area contributed by atoms with Crippen molar-refractivity contribution in [2.24, 2.45) is 0 Å². The van der Waals surface area contributed by atoms with E-state index >= 15 is 0 Å². The molecule has 0 spiro atoms. The van der Waals surface area contributed by atoms with Crippen molar-refractivity contribution in [2.75, 3.05) is 39.3 Å². The van der Waals surface area contributed by atoms with Gasteiger partial charge < -0.3 is 19.9 Å². The number of piperazine rings is 1. The molecule has 0 aromatic heterocycles. The lowest BCUT2D eigenvalue weighted by Gasteiger charge is -2.34. The quantitative estimate of drug-likeness (QED) is 0.791. The second-order valence-electron chi connectivity index (χ2n) is 5.88. The first-order valence-electron chi connectivity index (χ1n) is 8.64. The first-order chi connectivity index (χ1) is 12.1.